The van der Waals surface area contributed by atoms with Gasteiger partial charge < -0.3 is 5.73 Å². The van der Waals surface area contributed by atoms with Gasteiger partial charge in [-0.15, -0.1) is 11.8 Å². The third kappa shape index (κ3) is 4.33. The van der Waals surface area contributed by atoms with Crippen LogP contribution in [0.5, 0.6) is 0 Å². The summed E-state index contributed by atoms with van der Waals surface area (Å²) in [4.78, 5) is 1.20. The Morgan fingerprint density at radius 2 is 2.31 bits per heavy atom. The predicted molar refractivity (Wildman–Crippen MR) is 61.4 cm³/mol. The molecule has 0 spiro atoms. The molecule has 2 nitrogen and oxygen atoms in total. The van der Waals surface area contributed by atoms with Crippen molar-refractivity contribution in [2.45, 2.75) is 11.3 Å². The summed E-state index contributed by atoms with van der Waals surface area (Å²) in [5.74, 6) is 1.12. The Hall–Kier alpha value is -0.480. The second kappa shape index (κ2) is 5.29. The summed E-state index contributed by atoms with van der Waals surface area (Å²) < 4.78 is 1.08. The van der Waals surface area contributed by atoms with E-state index >= 15 is 0 Å². The third-order valence-corrected chi connectivity index (χ3v) is 2.92. The summed E-state index contributed by atoms with van der Waals surface area (Å²) in [5, 5.41) is 7.06. The molecule has 0 aliphatic heterocycles. The lowest BCUT2D eigenvalue weighted by Crippen LogP contribution is -2.09. The highest BCUT2D eigenvalue weighted by molar-refractivity contribution is 9.10. The molecule has 0 heterocycles. The van der Waals surface area contributed by atoms with E-state index < -0.39 is 0 Å². The summed E-state index contributed by atoms with van der Waals surface area (Å²) in [6.07, 6.45) is 0.650. The molecule has 0 atom stereocenters. The van der Waals surface area contributed by atoms with Crippen LogP contribution in [0.4, 0.5) is 0 Å². The van der Waals surface area contributed by atoms with Crippen LogP contribution in [-0.2, 0) is 0 Å². The average molecular weight is 259 g/mol. The van der Waals surface area contributed by atoms with Gasteiger partial charge in [0.1, 0.15) is 0 Å². The number of benzene rings is 1. The minimum atomic E-state index is 0.252. The van der Waals surface area contributed by atoms with Crippen molar-refractivity contribution in [3.05, 3.63) is 28.7 Å². The van der Waals surface area contributed by atoms with Gasteiger partial charge in [-0.1, -0.05) is 22.0 Å². The smallest absolute Gasteiger partial charge is 0.0913 e. The molecule has 0 aliphatic rings. The van der Waals surface area contributed by atoms with Gasteiger partial charge in [0, 0.05) is 21.5 Å². The van der Waals surface area contributed by atoms with Gasteiger partial charge in [-0.05, 0) is 18.2 Å². The number of hydrogen-bond acceptors (Lipinski definition) is 2. The van der Waals surface area contributed by atoms with E-state index in [0.717, 1.165) is 10.2 Å². The van der Waals surface area contributed by atoms with Crippen molar-refractivity contribution in [1.29, 1.82) is 5.41 Å². The number of amidine groups is 1. The first kappa shape index (κ1) is 10.6. The number of nitrogens with two attached hydrogens (primary N) is 1. The van der Waals surface area contributed by atoms with Crippen molar-refractivity contribution < 1.29 is 0 Å². The molecule has 0 saturated carbocycles. The zero-order chi connectivity index (χ0) is 9.68. The van der Waals surface area contributed by atoms with Gasteiger partial charge >= 0.3 is 0 Å². The standard InChI is InChI=1S/C9H11BrN2S/c10-7-2-1-3-8(6-7)13-5-4-9(11)12/h1-3,6H,4-5H2,(H3,11,12). The summed E-state index contributed by atoms with van der Waals surface area (Å²) in [6.45, 7) is 0. The fourth-order valence-corrected chi connectivity index (χ4v) is 2.33. The maximum Gasteiger partial charge on any atom is 0.0913 e. The molecular weight excluding hydrogens is 248 g/mol. The lowest BCUT2D eigenvalue weighted by molar-refractivity contribution is 1.22. The normalized spacial score (nSPS) is 9.92. The van der Waals surface area contributed by atoms with Gasteiger partial charge in [0.25, 0.3) is 0 Å². The molecule has 1 aromatic rings. The highest BCUT2D eigenvalue weighted by Gasteiger charge is 1.95. The summed E-state index contributed by atoms with van der Waals surface area (Å²) in [6, 6.07) is 8.11. The van der Waals surface area contributed by atoms with Gasteiger partial charge in [0.2, 0.25) is 0 Å². The fraction of sp³-hybridized carbons (Fsp3) is 0.222. The van der Waals surface area contributed by atoms with E-state index in [1.54, 1.807) is 11.8 Å². The summed E-state index contributed by atoms with van der Waals surface area (Å²) >= 11 is 5.11. The lowest BCUT2D eigenvalue weighted by Gasteiger charge is -2.00. The minimum Gasteiger partial charge on any atom is -0.388 e. The van der Waals surface area contributed by atoms with Crippen molar-refractivity contribution >= 4 is 33.5 Å². The fourth-order valence-electron chi connectivity index (χ4n) is 0.836. The van der Waals surface area contributed by atoms with E-state index in [4.69, 9.17) is 11.1 Å². The third-order valence-electron chi connectivity index (χ3n) is 1.44. The molecule has 1 rings (SSSR count). The number of thioether (sulfide) groups is 1. The van der Waals surface area contributed by atoms with Crippen LogP contribution >= 0.6 is 27.7 Å². The molecule has 0 aromatic heterocycles. The molecule has 4 heteroatoms. The second-order valence-corrected chi connectivity index (χ2v) is 4.67. The van der Waals surface area contributed by atoms with Gasteiger partial charge in [-0.2, -0.15) is 0 Å². The molecule has 70 valence electrons. The van der Waals surface area contributed by atoms with Crippen molar-refractivity contribution in [2.75, 3.05) is 5.75 Å². The average Bonchev–Trinajstić information content (AvgIpc) is 2.03. The van der Waals surface area contributed by atoms with Crippen LogP contribution in [0, 0.1) is 5.41 Å². The zero-order valence-electron chi connectivity index (χ0n) is 7.09. The number of nitrogens with one attached hydrogen (secondary N) is 1. The van der Waals surface area contributed by atoms with Crippen molar-refractivity contribution in [2.24, 2.45) is 5.73 Å². The maximum absolute atomic E-state index is 7.06. The van der Waals surface area contributed by atoms with E-state index in [2.05, 4.69) is 28.1 Å². The molecular formula is C9H11BrN2S. The predicted octanol–water partition coefficient (Wildman–Crippen LogP) is 2.87. The number of hydrogen-bond donors (Lipinski definition) is 2. The Kier molecular flexibility index (Phi) is 4.32. The highest BCUT2D eigenvalue weighted by atomic mass is 79.9. The topological polar surface area (TPSA) is 49.9 Å². The zero-order valence-corrected chi connectivity index (χ0v) is 9.49. The van der Waals surface area contributed by atoms with Crippen molar-refractivity contribution in [3.63, 3.8) is 0 Å². The Bertz CT molecular complexity index is 301. The molecule has 0 fully saturated rings. The molecule has 13 heavy (non-hydrogen) atoms. The van der Waals surface area contributed by atoms with E-state index in [1.807, 2.05) is 12.1 Å². The molecule has 3 N–H and O–H groups in total. The van der Waals surface area contributed by atoms with E-state index in [-0.39, 0.29) is 5.84 Å². The maximum atomic E-state index is 7.06. The van der Waals surface area contributed by atoms with Crippen LogP contribution < -0.4 is 5.73 Å². The van der Waals surface area contributed by atoms with Crippen LogP contribution in [0.1, 0.15) is 6.42 Å². The number of rotatable bonds is 4. The lowest BCUT2D eigenvalue weighted by atomic mass is 10.4. The molecule has 0 saturated heterocycles. The molecule has 1 aromatic carbocycles. The first-order valence-corrected chi connectivity index (χ1v) is 5.67. The van der Waals surface area contributed by atoms with Crippen LogP contribution in [-0.4, -0.2) is 11.6 Å². The van der Waals surface area contributed by atoms with E-state index in [9.17, 15) is 0 Å². The first-order chi connectivity index (χ1) is 6.18. The first-order valence-electron chi connectivity index (χ1n) is 3.90. The molecule has 0 radical (unpaired) electrons. The largest absolute Gasteiger partial charge is 0.388 e. The quantitative estimate of drug-likeness (QED) is 0.496. The van der Waals surface area contributed by atoms with Crippen LogP contribution in [0.15, 0.2) is 33.6 Å². The summed E-state index contributed by atoms with van der Waals surface area (Å²) in [7, 11) is 0. The van der Waals surface area contributed by atoms with Crippen molar-refractivity contribution in [3.8, 4) is 0 Å². The minimum absolute atomic E-state index is 0.252. The molecule has 0 bridgehead atoms. The van der Waals surface area contributed by atoms with Gasteiger partial charge in [0.05, 0.1) is 5.84 Å². The van der Waals surface area contributed by atoms with Crippen molar-refractivity contribution in [1.82, 2.24) is 0 Å². The second-order valence-electron chi connectivity index (χ2n) is 2.58. The van der Waals surface area contributed by atoms with Gasteiger partial charge in [-0.3, -0.25) is 5.41 Å². The molecule has 0 amide bonds. The Morgan fingerprint density at radius 1 is 1.54 bits per heavy atom. The van der Waals surface area contributed by atoms with Gasteiger partial charge in [0.15, 0.2) is 0 Å². The molecule has 0 unspecified atom stereocenters. The molecule has 0 aliphatic carbocycles. The van der Waals surface area contributed by atoms with E-state index in [1.165, 1.54) is 4.90 Å². The Balaban J connectivity index is 2.41. The van der Waals surface area contributed by atoms with E-state index in [0.29, 0.717) is 6.42 Å². The van der Waals surface area contributed by atoms with Crippen LogP contribution in [0.25, 0.3) is 0 Å². The Morgan fingerprint density at radius 3 is 2.92 bits per heavy atom. The number of halogens is 1. The van der Waals surface area contributed by atoms with Gasteiger partial charge in [-0.25, -0.2) is 0 Å². The Labute approximate surface area is 90.5 Å². The monoisotopic (exact) mass is 258 g/mol. The highest BCUT2D eigenvalue weighted by Crippen LogP contribution is 2.22. The summed E-state index contributed by atoms with van der Waals surface area (Å²) in [5.41, 5.74) is 5.25. The van der Waals surface area contributed by atoms with Crippen LogP contribution in [0.3, 0.4) is 0 Å². The van der Waals surface area contributed by atoms with Crippen LogP contribution in [0.2, 0.25) is 0 Å². The SMILES string of the molecule is N=C(N)CCSc1cccc(Br)c1.